The summed E-state index contributed by atoms with van der Waals surface area (Å²) in [5, 5.41) is 3.07. The molecule has 0 aromatic heterocycles. The monoisotopic (exact) mass is 206 g/mol. The highest BCUT2D eigenvalue weighted by Gasteiger charge is 2.00. The van der Waals surface area contributed by atoms with Gasteiger partial charge in [-0.15, -0.1) is 0 Å². The molecule has 0 unspecified atom stereocenters. The SMILES string of the molecule is C1=NCc2ccccc2N1.CCOC=O. The van der Waals surface area contributed by atoms with Crippen molar-refractivity contribution in [2.75, 3.05) is 11.9 Å². The van der Waals surface area contributed by atoms with Gasteiger partial charge in [0.05, 0.1) is 19.5 Å². The van der Waals surface area contributed by atoms with Crippen LogP contribution in [0.15, 0.2) is 29.3 Å². The van der Waals surface area contributed by atoms with Gasteiger partial charge in [-0.05, 0) is 18.6 Å². The number of anilines is 1. The van der Waals surface area contributed by atoms with Gasteiger partial charge < -0.3 is 10.1 Å². The van der Waals surface area contributed by atoms with E-state index >= 15 is 0 Å². The van der Waals surface area contributed by atoms with Crippen molar-refractivity contribution in [3.63, 3.8) is 0 Å². The molecule has 80 valence electrons. The summed E-state index contributed by atoms with van der Waals surface area (Å²) in [6, 6.07) is 8.19. The first-order chi connectivity index (χ1) is 7.38. The van der Waals surface area contributed by atoms with Gasteiger partial charge in [-0.3, -0.25) is 9.79 Å². The van der Waals surface area contributed by atoms with Crippen molar-refractivity contribution in [1.82, 2.24) is 0 Å². The first-order valence-corrected chi connectivity index (χ1v) is 4.76. The second-order valence-corrected chi connectivity index (χ2v) is 2.82. The van der Waals surface area contributed by atoms with Gasteiger partial charge in [-0.2, -0.15) is 0 Å². The van der Waals surface area contributed by atoms with E-state index in [4.69, 9.17) is 0 Å². The molecule has 1 aromatic rings. The number of rotatable bonds is 2. The molecule has 0 radical (unpaired) electrons. The summed E-state index contributed by atoms with van der Waals surface area (Å²) in [5.74, 6) is 0. The fourth-order valence-electron chi connectivity index (χ4n) is 1.13. The van der Waals surface area contributed by atoms with E-state index in [0.29, 0.717) is 13.1 Å². The molecule has 4 heteroatoms. The molecule has 4 nitrogen and oxygen atoms in total. The standard InChI is InChI=1S/C8H8N2.C3H6O2/c1-2-4-8-7(3-1)5-9-6-10-8;1-2-5-3-4/h1-4,6H,5H2,(H,9,10);3H,2H2,1H3. The molecule has 15 heavy (non-hydrogen) atoms. The third-order valence-electron chi connectivity index (χ3n) is 1.83. The van der Waals surface area contributed by atoms with Gasteiger partial charge in [0.2, 0.25) is 0 Å². The molecular weight excluding hydrogens is 192 g/mol. The average Bonchev–Trinajstić information content (AvgIpc) is 2.31. The van der Waals surface area contributed by atoms with Crippen molar-refractivity contribution < 1.29 is 9.53 Å². The van der Waals surface area contributed by atoms with E-state index < -0.39 is 0 Å². The molecule has 0 amide bonds. The van der Waals surface area contributed by atoms with E-state index in [0.717, 1.165) is 6.54 Å². The Balaban J connectivity index is 0.000000195. The first-order valence-electron chi connectivity index (χ1n) is 4.76. The maximum atomic E-state index is 9.18. The summed E-state index contributed by atoms with van der Waals surface area (Å²) in [6.07, 6.45) is 1.74. The number of nitrogens with zero attached hydrogens (tertiary/aromatic N) is 1. The molecule has 0 bridgehead atoms. The molecule has 1 aliphatic rings. The molecular formula is C11H14N2O2. The Kier molecular flexibility index (Phi) is 4.94. The lowest BCUT2D eigenvalue weighted by Gasteiger charge is -2.10. The third kappa shape index (κ3) is 3.81. The molecule has 1 N–H and O–H groups in total. The summed E-state index contributed by atoms with van der Waals surface area (Å²) >= 11 is 0. The predicted octanol–water partition coefficient (Wildman–Crippen LogP) is 1.82. The number of hydrogen-bond donors (Lipinski definition) is 1. The molecule has 0 aliphatic carbocycles. The molecule has 2 rings (SSSR count). The minimum absolute atomic E-state index is 0.431. The van der Waals surface area contributed by atoms with Crippen LogP contribution in [0.25, 0.3) is 0 Å². The Morgan fingerprint density at radius 3 is 2.93 bits per heavy atom. The number of benzene rings is 1. The van der Waals surface area contributed by atoms with Crippen molar-refractivity contribution in [1.29, 1.82) is 0 Å². The van der Waals surface area contributed by atoms with E-state index in [2.05, 4.69) is 27.2 Å². The van der Waals surface area contributed by atoms with Gasteiger partial charge in [-0.1, -0.05) is 18.2 Å². The van der Waals surface area contributed by atoms with Crippen molar-refractivity contribution in [3.8, 4) is 0 Å². The van der Waals surface area contributed by atoms with Gasteiger partial charge in [-0.25, -0.2) is 0 Å². The Hall–Kier alpha value is -1.84. The topological polar surface area (TPSA) is 50.7 Å². The Labute approximate surface area is 89.0 Å². The third-order valence-corrected chi connectivity index (χ3v) is 1.83. The molecule has 1 heterocycles. The summed E-state index contributed by atoms with van der Waals surface area (Å²) < 4.78 is 4.15. The zero-order valence-electron chi connectivity index (χ0n) is 8.64. The van der Waals surface area contributed by atoms with Crippen molar-refractivity contribution in [2.24, 2.45) is 4.99 Å². The van der Waals surface area contributed by atoms with E-state index in [1.165, 1.54) is 11.3 Å². The van der Waals surface area contributed by atoms with Gasteiger partial charge in [0, 0.05) is 5.69 Å². The van der Waals surface area contributed by atoms with Crippen molar-refractivity contribution >= 4 is 18.5 Å². The normalized spacial score (nSPS) is 11.5. The highest BCUT2D eigenvalue weighted by atomic mass is 16.5. The largest absolute Gasteiger partial charge is 0.468 e. The van der Waals surface area contributed by atoms with Crippen LogP contribution in [-0.2, 0) is 16.1 Å². The lowest BCUT2D eigenvalue weighted by Crippen LogP contribution is -2.03. The predicted molar refractivity (Wildman–Crippen MR) is 60.0 cm³/mol. The summed E-state index contributed by atoms with van der Waals surface area (Å²) in [7, 11) is 0. The highest BCUT2D eigenvalue weighted by molar-refractivity contribution is 5.79. The molecule has 0 spiro atoms. The van der Waals surface area contributed by atoms with Crippen LogP contribution in [0.5, 0.6) is 0 Å². The van der Waals surface area contributed by atoms with Crippen LogP contribution in [-0.4, -0.2) is 19.4 Å². The van der Waals surface area contributed by atoms with E-state index in [-0.39, 0.29) is 0 Å². The average molecular weight is 206 g/mol. The Morgan fingerprint density at radius 2 is 2.33 bits per heavy atom. The quantitative estimate of drug-likeness (QED) is 0.751. The molecule has 0 saturated carbocycles. The molecule has 0 atom stereocenters. The van der Waals surface area contributed by atoms with Crippen LogP contribution in [0.2, 0.25) is 0 Å². The zero-order chi connectivity index (χ0) is 10.9. The lowest BCUT2D eigenvalue weighted by atomic mass is 10.1. The fourth-order valence-corrected chi connectivity index (χ4v) is 1.13. The van der Waals surface area contributed by atoms with Gasteiger partial charge in [0.25, 0.3) is 6.47 Å². The number of fused-ring (bicyclic) bond motifs is 1. The van der Waals surface area contributed by atoms with Crippen LogP contribution in [0.1, 0.15) is 12.5 Å². The number of ether oxygens (including phenoxy) is 1. The minimum atomic E-state index is 0.431. The smallest absolute Gasteiger partial charge is 0.293 e. The number of hydrogen-bond acceptors (Lipinski definition) is 4. The molecule has 1 aromatic carbocycles. The van der Waals surface area contributed by atoms with Crippen LogP contribution >= 0.6 is 0 Å². The van der Waals surface area contributed by atoms with Crippen molar-refractivity contribution in [3.05, 3.63) is 29.8 Å². The van der Waals surface area contributed by atoms with Gasteiger partial charge >= 0.3 is 0 Å². The fraction of sp³-hybridized carbons (Fsp3) is 0.273. The van der Waals surface area contributed by atoms with Crippen LogP contribution < -0.4 is 5.32 Å². The number of carbonyl (C=O) groups is 1. The number of aliphatic imine (C=N–C) groups is 1. The lowest BCUT2D eigenvalue weighted by molar-refractivity contribution is -0.128. The minimum Gasteiger partial charge on any atom is -0.468 e. The van der Waals surface area contributed by atoms with E-state index in [9.17, 15) is 4.79 Å². The highest BCUT2D eigenvalue weighted by Crippen LogP contribution is 2.17. The first kappa shape index (κ1) is 11.2. The number of para-hydroxylation sites is 1. The van der Waals surface area contributed by atoms with Crippen LogP contribution in [0, 0.1) is 0 Å². The van der Waals surface area contributed by atoms with Gasteiger partial charge in [0.15, 0.2) is 0 Å². The molecule has 0 fully saturated rings. The maximum Gasteiger partial charge on any atom is 0.293 e. The second kappa shape index (κ2) is 6.59. The molecule has 1 aliphatic heterocycles. The van der Waals surface area contributed by atoms with Crippen LogP contribution in [0.4, 0.5) is 5.69 Å². The summed E-state index contributed by atoms with van der Waals surface area (Å²) in [6.45, 7) is 3.47. The number of carbonyl (C=O) groups excluding carboxylic acids is 1. The van der Waals surface area contributed by atoms with Crippen LogP contribution in [0.3, 0.4) is 0 Å². The van der Waals surface area contributed by atoms with E-state index in [1.54, 1.807) is 13.3 Å². The van der Waals surface area contributed by atoms with Crippen molar-refractivity contribution in [2.45, 2.75) is 13.5 Å². The van der Waals surface area contributed by atoms with E-state index in [1.807, 2.05) is 12.1 Å². The Morgan fingerprint density at radius 1 is 1.53 bits per heavy atom. The second-order valence-electron chi connectivity index (χ2n) is 2.82. The number of nitrogens with one attached hydrogen (secondary N) is 1. The summed E-state index contributed by atoms with van der Waals surface area (Å²) in [5.41, 5.74) is 2.45. The maximum absolute atomic E-state index is 9.18. The zero-order valence-corrected chi connectivity index (χ0v) is 8.64. The Bertz CT molecular complexity index is 310. The molecule has 0 saturated heterocycles. The summed E-state index contributed by atoms with van der Waals surface area (Å²) in [4.78, 5) is 13.3. The van der Waals surface area contributed by atoms with Gasteiger partial charge in [0.1, 0.15) is 0 Å².